The van der Waals surface area contributed by atoms with Gasteiger partial charge in [-0.1, -0.05) is 36.9 Å². The number of thioether (sulfide) groups is 1. The number of hydrogen-bond donors (Lipinski definition) is 1. The highest BCUT2D eigenvalue weighted by atomic mass is 32.2. The van der Waals surface area contributed by atoms with Crippen LogP contribution in [0, 0.1) is 5.82 Å². The third kappa shape index (κ3) is 2.81. The van der Waals surface area contributed by atoms with Crippen LogP contribution in [-0.4, -0.2) is 14.9 Å². The molecule has 6 heteroatoms. The largest absolute Gasteiger partial charge is 0.336 e. The molecule has 18 heavy (non-hydrogen) atoms. The summed E-state index contributed by atoms with van der Waals surface area (Å²) in [6.07, 6.45) is 1.76. The zero-order valence-corrected chi connectivity index (χ0v) is 11.0. The van der Waals surface area contributed by atoms with E-state index < -0.39 is 0 Å². The van der Waals surface area contributed by atoms with Crippen molar-refractivity contribution in [2.45, 2.75) is 30.7 Å². The number of aryl methyl sites for hydroxylation is 1. The first kappa shape index (κ1) is 12.9. The van der Waals surface area contributed by atoms with Crippen molar-refractivity contribution in [2.75, 3.05) is 5.84 Å². The van der Waals surface area contributed by atoms with Crippen molar-refractivity contribution < 1.29 is 4.39 Å². The van der Waals surface area contributed by atoms with E-state index in [4.69, 9.17) is 5.84 Å². The van der Waals surface area contributed by atoms with E-state index in [1.807, 2.05) is 6.07 Å². The maximum Gasteiger partial charge on any atom is 0.210 e. The summed E-state index contributed by atoms with van der Waals surface area (Å²) < 4.78 is 14.9. The van der Waals surface area contributed by atoms with E-state index in [2.05, 4.69) is 17.1 Å². The highest BCUT2D eigenvalue weighted by Crippen LogP contribution is 2.22. The second-order valence-corrected chi connectivity index (χ2v) is 4.84. The molecule has 0 aliphatic carbocycles. The van der Waals surface area contributed by atoms with Crippen LogP contribution in [0.4, 0.5) is 4.39 Å². The summed E-state index contributed by atoms with van der Waals surface area (Å²) in [4.78, 5) is 0. The number of aromatic nitrogens is 3. The molecule has 0 spiro atoms. The summed E-state index contributed by atoms with van der Waals surface area (Å²) in [5.74, 6) is 6.91. The Kier molecular flexibility index (Phi) is 4.19. The Morgan fingerprint density at radius 1 is 1.33 bits per heavy atom. The van der Waals surface area contributed by atoms with Crippen LogP contribution in [0.3, 0.4) is 0 Å². The predicted octanol–water partition coefficient (Wildman–Crippen LogP) is 2.38. The molecule has 0 saturated carbocycles. The van der Waals surface area contributed by atoms with E-state index in [9.17, 15) is 4.39 Å². The van der Waals surface area contributed by atoms with Crippen LogP contribution in [-0.2, 0) is 12.2 Å². The van der Waals surface area contributed by atoms with Crippen molar-refractivity contribution in [1.29, 1.82) is 0 Å². The minimum absolute atomic E-state index is 0.207. The van der Waals surface area contributed by atoms with Crippen LogP contribution in [0.25, 0.3) is 0 Å². The molecule has 0 unspecified atom stereocenters. The summed E-state index contributed by atoms with van der Waals surface area (Å²) in [6, 6.07) is 6.70. The molecule has 0 fully saturated rings. The van der Waals surface area contributed by atoms with Gasteiger partial charge in [0.05, 0.1) is 0 Å². The van der Waals surface area contributed by atoms with Crippen molar-refractivity contribution >= 4 is 11.8 Å². The molecule has 2 rings (SSSR count). The maximum absolute atomic E-state index is 13.4. The van der Waals surface area contributed by atoms with Crippen LogP contribution in [0.5, 0.6) is 0 Å². The molecule has 0 aliphatic rings. The van der Waals surface area contributed by atoms with Gasteiger partial charge in [-0.05, 0) is 18.1 Å². The number of nitrogens with zero attached hydrogens (tertiary/aromatic N) is 3. The summed E-state index contributed by atoms with van der Waals surface area (Å²) in [5, 5.41) is 8.63. The number of nitrogens with two attached hydrogens (primary N) is 1. The Morgan fingerprint density at radius 3 is 2.83 bits per heavy atom. The predicted molar refractivity (Wildman–Crippen MR) is 70.1 cm³/mol. The van der Waals surface area contributed by atoms with Gasteiger partial charge in [-0.2, -0.15) is 0 Å². The lowest BCUT2D eigenvalue weighted by Gasteiger charge is -2.03. The molecule has 0 amide bonds. The van der Waals surface area contributed by atoms with Crippen LogP contribution in [0.1, 0.15) is 24.7 Å². The number of hydrogen-bond acceptors (Lipinski definition) is 4. The van der Waals surface area contributed by atoms with Crippen molar-refractivity contribution in [1.82, 2.24) is 14.9 Å². The second-order valence-electron chi connectivity index (χ2n) is 3.90. The molecule has 0 radical (unpaired) electrons. The van der Waals surface area contributed by atoms with Gasteiger partial charge >= 0.3 is 0 Å². The van der Waals surface area contributed by atoms with Crippen LogP contribution in [0.15, 0.2) is 29.4 Å². The standard InChI is InChI=1S/C12H15FN4S/c1-2-5-11-15-16-12(17(11)14)18-8-9-6-3-4-7-10(9)13/h3-4,6-7H,2,5,8,14H2,1H3. The van der Waals surface area contributed by atoms with E-state index in [-0.39, 0.29) is 5.82 Å². The molecule has 0 atom stereocenters. The van der Waals surface area contributed by atoms with Crippen LogP contribution >= 0.6 is 11.8 Å². The van der Waals surface area contributed by atoms with Crippen molar-refractivity contribution in [3.8, 4) is 0 Å². The fraction of sp³-hybridized carbons (Fsp3) is 0.333. The van der Waals surface area contributed by atoms with Gasteiger partial charge in [0.25, 0.3) is 0 Å². The molecule has 1 aromatic heterocycles. The molecule has 0 bridgehead atoms. The highest BCUT2D eigenvalue weighted by Gasteiger charge is 2.10. The average Bonchev–Trinajstić information content (AvgIpc) is 2.71. The van der Waals surface area contributed by atoms with E-state index in [1.165, 1.54) is 22.5 Å². The number of benzene rings is 1. The van der Waals surface area contributed by atoms with Gasteiger partial charge in [0.1, 0.15) is 5.82 Å². The first-order valence-corrected chi connectivity index (χ1v) is 6.76. The minimum atomic E-state index is -0.207. The zero-order valence-electron chi connectivity index (χ0n) is 10.1. The lowest BCUT2D eigenvalue weighted by atomic mass is 10.2. The normalized spacial score (nSPS) is 10.8. The summed E-state index contributed by atoms with van der Waals surface area (Å²) >= 11 is 1.39. The Bertz CT molecular complexity index is 527. The molecule has 96 valence electrons. The summed E-state index contributed by atoms with van der Waals surface area (Å²) in [7, 11) is 0. The van der Waals surface area contributed by atoms with Gasteiger partial charge in [-0.15, -0.1) is 10.2 Å². The SMILES string of the molecule is CCCc1nnc(SCc2ccccc2F)n1N. The monoisotopic (exact) mass is 266 g/mol. The maximum atomic E-state index is 13.4. The first-order chi connectivity index (χ1) is 8.72. The van der Waals surface area contributed by atoms with Gasteiger partial charge in [-0.25, -0.2) is 9.07 Å². The molecule has 2 aromatic rings. The average molecular weight is 266 g/mol. The van der Waals surface area contributed by atoms with E-state index in [0.717, 1.165) is 18.7 Å². The summed E-state index contributed by atoms with van der Waals surface area (Å²) in [5.41, 5.74) is 0.641. The first-order valence-electron chi connectivity index (χ1n) is 5.78. The smallest absolute Gasteiger partial charge is 0.210 e. The van der Waals surface area contributed by atoms with Gasteiger partial charge in [0, 0.05) is 12.2 Å². The van der Waals surface area contributed by atoms with E-state index in [0.29, 0.717) is 16.5 Å². The molecular formula is C12H15FN4S. The van der Waals surface area contributed by atoms with Gasteiger partial charge in [0.2, 0.25) is 5.16 Å². The number of rotatable bonds is 5. The third-order valence-corrected chi connectivity index (χ3v) is 3.52. The second kappa shape index (κ2) is 5.86. The third-order valence-electron chi connectivity index (χ3n) is 2.52. The Labute approximate surface area is 109 Å². The number of nitrogen functional groups attached to an aromatic ring is 1. The zero-order chi connectivity index (χ0) is 13.0. The summed E-state index contributed by atoms with van der Waals surface area (Å²) in [6.45, 7) is 2.06. The lowest BCUT2D eigenvalue weighted by molar-refractivity contribution is 0.617. The molecule has 0 saturated heterocycles. The number of halogens is 1. The molecule has 0 aliphatic heterocycles. The molecule has 2 N–H and O–H groups in total. The Morgan fingerprint density at radius 2 is 2.11 bits per heavy atom. The molecule has 1 heterocycles. The Hall–Kier alpha value is -1.56. The quantitative estimate of drug-likeness (QED) is 0.667. The van der Waals surface area contributed by atoms with Crippen LogP contribution < -0.4 is 5.84 Å². The van der Waals surface area contributed by atoms with Crippen molar-refractivity contribution in [3.63, 3.8) is 0 Å². The van der Waals surface area contributed by atoms with Crippen molar-refractivity contribution in [3.05, 3.63) is 41.5 Å². The lowest BCUT2D eigenvalue weighted by Crippen LogP contribution is -2.13. The van der Waals surface area contributed by atoms with E-state index in [1.54, 1.807) is 12.1 Å². The minimum Gasteiger partial charge on any atom is -0.336 e. The fourth-order valence-corrected chi connectivity index (χ4v) is 2.42. The Balaban J connectivity index is 2.05. The van der Waals surface area contributed by atoms with Crippen LogP contribution in [0.2, 0.25) is 0 Å². The molecular weight excluding hydrogens is 251 g/mol. The molecule has 1 aromatic carbocycles. The molecule has 4 nitrogen and oxygen atoms in total. The topological polar surface area (TPSA) is 56.7 Å². The van der Waals surface area contributed by atoms with Gasteiger partial charge in [-0.3, -0.25) is 0 Å². The fourth-order valence-electron chi connectivity index (χ4n) is 1.56. The van der Waals surface area contributed by atoms with Crippen molar-refractivity contribution in [2.24, 2.45) is 0 Å². The highest BCUT2D eigenvalue weighted by molar-refractivity contribution is 7.98. The van der Waals surface area contributed by atoms with Gasteiger partial charge < -0.3 is 5.84 Å². The van der Waals surface area contributed by atoms with Gasteiger partial charge in [0.15, 0.2) is 5.82 Å². The van der Waals surface area contributed by atoms with E-state index >= 15 is 0 Å².